The maximum absolute atomic E-state index is 12.6. The van der Waals surface area contributed by atoms with E-state index in [-0.39, 0.29) is 11.9 Å². The Balaban J connectivity index is 1.57. The van der Waals surface area contributed by atoms with E-state index in [1.807, 2.05) is 25.1 Å². The Kier molecular flexibility index (Phi) is 3.18. The second-order valence-electron chi connectivity index (χ2n) is 6.58. The van der Waals surface area contributed by atoms with Gasteiger partial charge in [-0.2, -0.15) is 0 Å². The van der Waals surface area contributed by atoms with E-state index in [1.165, 1.54) is 25.9 Å². The average Bonchev–Trinajstić information content (AvgIpc) is 2.92. The van der Waals surface area contributed by atoms with Crippen molar-refractivity contribution in [3.63, 3.8) is 0 Å². The van der Waals surface area contributed by atoms with Gasteiger partial charge in [0.25, 0.3) is 5.91 Å². The summed E-state index contributed by atoms with van der Waals surface area (Å²) in [4.78, 5) is 15.1. The third-order valence-corrected chi connectivity index (χ3v) is 5.39. The topological polar surface area (TPSA) is 58.4 Å². The number of benzene rings is 1. The molecule has 3 saturated heterocycles. The monoisotopic (exact) mass is 299 g/mol. The molecule has 4 heterocycles. The van der Waals surface area contributed by atoms with Crippen molar-refractivity contribution < 1.29 is 9.32 Å². The Hall–Kier alpha value is -1.88. The molecule has 0 saturated carbocycles. The third-order valence-electron chi connectivity index (χ3n) is 5.39. The number of nitrogens with one attached hydrogen (secondary N) is 1. The SMILES string of the molecule is Cc1onc2ccc(C(=O)N[C@@H]3C4CCN(CC4)[C@H]3C)cc12. The summed E-state index contributed by atoms with van der Waals surface area (Å²) in [6, 6.07) is 6.24. The summed E-state index contributed by atoms with van der Waals surface area (Å²) in [5.41, 5.74) is 1.48. The quantitative estimate of drug-likeness (QED) is 0.925. The van der Waals surface area contributed by atoms with E-state index in [9.17, 15) is 4.79 Å². The first-order chi connectivity index (χ1) is 10.6. The molecule has 5 heteroatoms. The van der Waals surface area contributed by atoms with Crippen LogP contribution in [0.3, 0.4) is 0 Å². The van der Waals surface area contributed by atoms with Crippen LogP contribution in [0.25, 0.3) is 10.9 Å². The van der Waals surface area contributed by atoms with Crippen LogP contribution in [0, 0.1) is 12.8 Å². The number of rotatable bonds is 2. The van der Waals surface area contributed by atoms with Gasteiger partial charge in [0.15, 0.2) is 0 Å². The van der Waals surface area contributed by atoms with E-state index in [2.05, 4.69) is 22.3 Å². The highest BCUT2D eigenvalue weighted by Crippen LogP contribution is 2.32. The van der Waals surface area contributed by atoms with Gasteiger partial charge in [0, 0.05) is 23.0 Å². The van der Waals surface area contributed by atoms with E-state index in [1.54, 1.807) is 0 Å². The minimum atomic E-state index is 0.00750. The normalized spacial score (nSPS) is 30.6. The Morgan fingerprint density at radius 1 is 1.36 bits per heavy atom. The first-order valence-corrected chi connectivity index (χ1v) is 8.04. The van der Waals surface area contributed by atoms with Crippen LogP contribution in [0.1, 0.15) is 35.9 Å². The molecule has 1 aromatic carbocycles. The zero-order chi connectivity index (χ0) is 15.3. The van der Waals surface area contributed by atoms with Crippen LogP contribution in [0.5, 0.6) is 0 Å². The van der Waals surface area contributed by atoms with Gasteiger partial charge in [-0.1, -0.05) is 5.16 Å². The summed E-state index contributed by atoms with van der Waals surface area (Å²) in [7, 11) is 0. The third kappa shape index (κ3) is 2.11. The van der Waals surface area contributed by atoms with Gasteiger partial charge >= 0.3 is 0 Å². The summed E-state index contributed by atoms with van der Waals surface area (Å²) in [5, 5.41) is 8.14. The minimum absolute atomic E-state index is 0.00750. The second-order valence-corrected chi connectivity index (χ2v) is 6.58. The Labute approximate surface area is 129 Å². The molecule has 0 spiro atoms. The molecule has 3 fully saturated rings. The molecule has 1 aromatic heterocycles. The minimum Gasteiger partial charge on any atom is -0.360 e. The predicted molar refractivity (Wildman–Crippen MR) is 83.8 cm³/mol. The lowest BCUT2D eigenvalue weighted by atomic mass is 9.79. The summed E-state index contributed by atoms with van der Waals surface area (Å²) in [5.74, 6) is 1.37. The molecule has 116 valence electrons. The fraction of sp³-hybridized carbons (Fsp3) is 0.529. The molecule has 3 aliphatic heterocycles. The lowest BCUT2D eigenvalue weighted by Crippen LogP contribution is -2.62. The first-order valence-electron chi connectivity index (χ1n) is 8.04. The van der Waals surface area contributed by atoms with Crippen molar-refractivity contribution in [1.82, 2.24) is 15.4 Å². The van der Waals surface area contributed by atoms with E-state index in [0.29, 0.717) is 17.5 Å². The first kappa shape index (κ1) is 13.8. The molecule has 22 heavy (non-hydrogen) atoms. The number of hydrogen-bond acceptors (Lipinski definition) is 4. The number of carbonyl (C=O) groups is 1. The Morgan fingerprint density at radius 3 is 2.86 bits per heavy atom. The Morgan fingerprint density at radius 2 is 2.14 bits per heavy atom. The van der Waals surface area contributed by atoms with Crippen molar-refractivity contribution in [2.24, 2.45) is 5.92 Å². The molecule has 0 radical (unpaired) electrons. The summed E-state index contributed by atoms with van der Waals surface area (Å²) in [6.07, 6.45) is 2.39. The zero-order valence-electron chi connectivity index (χ0n) is 13.0. The summed E-state index contributed by atoms with van der Waals surface area (Å²) >= 11 is 0. The molecule has 0 aliphatic carbocycles. The second kappa shape index (κ2) is 5.09. The number of aryl methyl sites for hydroxylation is 1. The molecule has 1 amide bonds. The number of nitrogens with zero attached hydrogens (tertiary/aromatic N) is 2. The highest BCUT2D eigenvalue weighted by atomic mass is 16.5. The van der Waals surface area contributed by atoms with Gasteiger partial charge in [0.05, 0.1) is 0 Å². The van der Waals surface area contributed by atoms with Crippen molar-refractivity contribution >= 4 is 16.8 Å². The average molecular weight is 299 g/mol. The van der Waals surface area contributed by atoms with E-state index in [4.69, 9.17) is 4.52 Å². The van der Waals surface area contributed by atoms with Crippen molar-refractivity contribution in [3.05, 3.63) is 29.5 Å². The zero-order valence-corrected chi connectivity index (χ0v) is 13.0. The maximum Gasteiger partial charge on any atom is 0.251 e. The standard InChI is InChI=1S/C17H21N3O2/c1-10-16(12-5-7-20(10)8-6-12)18-17(21)13-3-4-15-14(9-13)11(2)22-19-15/h3-4,9-10,12,16H,5-8H2,1-2H3,(H,18,21)/t10-,16-/m0/s1. The number of fused-ring (bicyclic) bond motifs is 4. The molecule has 1 N–H and O–H groups in total. The van der Waals surface area contributed by atoms with Gasteiger partial charge in [-0.05, 0) is 63.9 Å². The number of piperidine rings is 3. The fourth-order valence-electron chi connectivity index (χ4n) is 3.99. The summed E-state index contributed by atoms with van der Waals surface area (Å²) < 4.78 is 5.17. The number of carbonyl (C=O) groups excluding carboxylic acids is 1. The molecule has 5 nitrogen and oxygen atoms in total. The van der Waals surface area contributed by atoms with Crippen LogP contribution in [0.2, 0.25) is 0 Å². The molecule has 2 bridgehead atoms. The molecule has 0 unspecified atom stereocenters. The Bertz CT molecular complexity index is 714. The lowest BCUT2D eigenvalue weighted by Gasteiger charge is -2.49. The van der Waals surface area contributed by atoms with Crippen molar-refractivity contribution in [2.45, 2.75) is 38.8 Å². The van der Waals surface area contributed by atoms with Crippen LogP contribution < -0.4 is 5.32 Å². The van der Waals surface area contributed by atoms with E-state index >= 15 is 0 Å². The van der Waals surface area contributed by atoms with Crippen molar-refractivity contribution in [2.75, 3.05) is 13.1 Å². The molecule has 3 aliphatic rings. The van der Waals surface area contributed by atoms with Crippen LogP contribution in [0.4, 0.5) is 0 Å². The van der Waals surface area contributed by atoms with Gasteiger partial charge in [-0.25, -0.2) is 0 Å². The highest BCUT2D eigenvalue weighted by Gasteiger charge is 2.40. The van der Waals surface area contributed by atoms with Gasteiger partial charge in [-0.15, -0.1) is 0 Å². The fourth-order valence-corrected chi connectivity index (χ4v) is 3.99. The number of aromatic nitrogens is 1. The maximum atomic E-state index is 12.6. The largest absolute Gasteiger partial charge is 0.360 e. The van der Waals surface area contributed by atoms with Crippen LogP contribution in [0.15, 0.2) is 22.7 Å². The van der Waals surface area contributed by atoms with Crippen LogP contribution in [-0.4, -0.2) is 41.1 Å². The predicted octanol–water partition coefficient (Wildman–Crippen LogP) is 2.35. The van der Waals surface area contributed by atoms with Gasteiger partial charge in [0.2, 0.25) is 0 Å². The molecule has 5 rings (SSSR count). The number of amides is 1. The van der Waals surface area contributed by atoms with Gasteiger partial charge < -0.3 is 9.84 Å². The van der Waals surface area contributed by atoms with Crippen molar-refractivity contribution in [1.29, 1.82) is 0 Å². The smallest absolute Gasteiger partial charge is 0.251 e. The molecule has 2 aromatic rings. The highest BCUT2D eigenvalue weighted by molar-refractivity contribution is 5.98. The molecule has 2 atom stereocenters. The molecular formula is C17H21N3O2. The van der Waals surface area contributed by atoms with E-state index in [0.717, 1.165) is 16.7 Å². The van der Waals surface area contributed by atoms with E-state index < -0.39 is 0 Å². The van der Waals surface area contributed by atoms with Gasteiger partial charge in [0.1, 0.15) is 11.3 Å². The van der Waals surface area contributed by atoms with Crippen LogP contribution in [-0.2, 0) is 0 Å². The van der Waals surface area contributed by atoms with Crippen LogP contribution >= 0.6 is 0 Å². The summed E-state index contributed by atoms with van der Waals surface area (Å²) in [6.45, 7) is 6.43. The van der Waals surface area contributed by atoms with Gasteiger partial charge in [-0.3, -0.25) is 9.69 Å². The molecular weight excluding hydrogens is 278 g/mol. The van der Waals surface area contributed by atoms with Crippen molar-refractivity contribution in [3.8, 4) is 0 Å². The number of hydrogen-bond donors (Lipinski definition) is 1. The lowest BCUT2D eigenvalue weighted by molar-refractivity contribution is 0.0217.